The van der Waals surface area contributed by atoms with E-state index in [4.69, 9.17) is 9.47 Å². The SMILES string of the molecule is c1ccc([C@@H]2CC3(OCCO3)[C@@H]3CCCC[C@@H]3[Se]2)cc1. The van der Waals surface area contributed by atoms with Crippen LogP contribution in [0, 0.1) is 5.92 Å². The average Bonchev–Trinajstić information content (AvgIpc) is 2.97. The van der Waals surface area contributed by atoms with E-state index in [1.165, 1.54) is 31.2 Å². The van der Waals surface area contributed by atoms with Gasteiger partial charge in [-0.3, -0.25) is 0 Å². The molecule has 1 aromatic rings. The van der Waals surface area contributed by atoms with Gasteiger partial charge in [0.1, 0.15) is 0 Å². The Morgan fingerprint density at radius 1 is 1.00 bits per heavy atom. The van der Waals surface area contributed by atoms with Gasteiger partial charge in [0.15, 0.2) is 0 Å². The molecular weight excluding hydrogens is 315 g/mol. The van der Waals surface area contributed by atoms with E-state index in [0.717, 1.165) is 24.5 Å². The van der Waals surface area contributed by atoms with Crippen molar-refractivity contribution in [2.75, 3.05) is 13.2 Å². The molecule has 0 aromatic heterocycles. The molecule has 3 atom stereocenters. The summed E-state index contributed by atoms with van der Waals surface area (Å²) in [6.45, 7) is 1.58. The van der Waals surface area contributed by atoms with Crippen LogP contribution in [0.2, 0.25) is 4.82 Å². The van der Waals surface area contributed by atoms with E-state index in [9.17, 15) is 0 Å². The Bertz CT molecular complexity index is 455. The third-order valence-electron chi connectivity index (χ3n) is 5.02. The molecule has 0 amide bonds. The van der Waals surface area contributed by atoms with Crippen LogP contribution in [0.25, 0.3) is 0 Å². The van der Waals surface area contributed by atoms with Gasteiger partial charge in [-0.15, -0.1) is 0 Å². The zero-order valence-electron chi connectivity index (χ0n) is 11.8. The molecule has 1 saturated carbocycles. The van der Waals surface area contributed by atoms with Crippen molar-refractivity contribution >= 4 is 15.0 Å². The Hall–Kier alpha value is -0.341. The first-order valence-corrected chi connectivity index (χ1v) is 9.83. The third kappa shape index (κ3) is 2.25. The molecule has 2 heterocycles. The van der Waals surface area contributed by atoms with Crippen molar-refractivity contribution in [2.24, 2.45) is 5.92 Å². The molecule has 3 fully saturated rings. The first-order chi connectivity index (χ1) is 9.87. The van der Waals surface area contributed by atoms with Gasteiger partial charge in [0.25, 0.3) is 0 Å². The molecule has 108 valence electrons. The van der Waals surface area contributed by atoms with E-state index >= 15 is 0 Å². The van der Waals surface area contributed by atoms with Gasteiger partial charge in [0.2, 0.25) is 0 Å². The van der Waals surface area contributed by atoms with Gasteiger partial charge in [0.05, 0.1) is 0 Å². The van der Waals surface area contributed by atoms with Crippen molar-refractivity contribution in [1.82, 2.24) is 0 Å². The van der Waals surface area contributed by atoms with Gasteiger partial charge >= 0.3 is 127 Å². The Balaban J connectivity index is 1.64. The Morgan fingerprint density at radius 3 is 2.55 bits per heavy atom. The van der Waals surface area contributed by atoms with Crippen molar-refractivity contribution in [3.63, 3.8) is 0 Å². The first-order valence-electron chi connectivity index (χ1n) is 7.86. The summed E-state index contributed by atoms with van der Waals surface area (Å²) >= 11 is 0.688. The molecule has 1 spiro atoms. The van der Waals surface area contributed by atoms with Crippen LogP contribution in [0.15, 0.2) is 30.3 Å². The summed E-state index contributed by atoms with van der Waals surface area (Å²) in [7, 11) is 0. The summed E-state index contributed by atoms with van der Waals surface area (Å²) in [5.41, 5.74) is 1.50. The predicted molar refractivity (Wildman–Crippen MR) is 79.9 cm³/mol. The van der Waals surface area contributed by atoms with Crippen molar-refractivity contribution in [2.45, 2.75) is 47.5 Å². The van der Waals surface area contributed by atoms with Crippen LogP contribution in [0.3, 0.4) is 0 Å². The van der Waals surface area contributed by atoms with Crippen LogP contribution in [-0.2, 0) is 9.47 Å². The maximum absolute atomic E-state index is 6.19. The number of hydrogen-bond donors (Lipinski definition) is 0. The van der Waals surface area contributed by atoms with Crippen LogP contribution in [0.5, 0.6) is 0 Å². The van der Waals surface area contributed by atoms with Gasteiger partial charge in [-0.25, -0.2) is 0 Å². The third-order valence-corrected chi connectivity index (χ3v) is 8.55. The van der Waals surface area contributed by atoms with E-state index in [1.54, 1.807) is 0 Å². The molecular formula is C17H22O2Se. The summed E-state index contributed by atoms with van der Waals surface area (Å²) in [4.78, 5) is 1.52. The molecule has 1 aromatic carbocycles. The Morgan fingerprint density at radius 2 is 1.75 bits per heavy atom. The van der Waals surface area contributed by atoms with Gasteiger partial charge in [-0.1, -0.05) is 0 Å². The van der Waals surface area contributed by atoms with E-state index < -0.39 is 0 Å². The summed E-state index contributed by atoms with van der Waals surface area (Å²) < 4.78 is 12.4. The first kappa shape index (κ1) is 13.3. The topological polar surface area (TPSA) is 18.5 Å². The molecule has 2 aliphatic heterocycles. The Kier molecular flexibility index (Phi) is 3.64. The van der Waals surface area contributed by atoms with Gasteiger partial charge in [-0.05, 0) is 0 Å². The number of fused-ring (bicyclic) bond motifs is 2. The molecule has 2 saturated heterocycles. The second-order valence-corrected chi connectivity index (χ2v) is 9.21. The zero-order chi connectivity index (χ0) is 13.4. The van der Waals surface area contributed by atoms with Crippen LogP contribution < -0.4 is 0 Å². The molecule has 0 radical (unpaired) electrons. The standard InChI is InChI=1S/C17H22O2Se/c1-2-6-13(7-3-1)16-12-17(18-10-11-19-17)14-8-4-5-9-15(14)20-16/h1-3,6-7,14-16H,4-5,8-12H2/t14-,15+,16+/m1/s1. The van der Waals surface area contributed by atoms with Crippen molar-refractivity contribution in [1.29, 1.82) is 0 Å². The number of ether oxygens (including phenoxy) is 2. The molecule has 0 N–H and O–H groups in total. The number of rotatable bonds is 1. The number of hydrogen-bond acceptors (Lipinski definition) is 2. The molecule has 1 aliphatic carbocycles. The molecule has 2 nitrogen and oxygen atoms in total. The van der Waals surface area contributed by atoms with E-state index in [2.05, 4.69) is 30.3 Å². The molecule has 0 unspecified atom stereocenters. The normalized spacial score (nSPS) is 35.9. The Labute approximate surface area is 127 Å². The fourth-order valence-corrected chi connectivity index (χ4v) is 8.09. The summed E-state index contributed by atoms with van der Waals surface area (Å²) in [6, 6.07) is 11.0. The van der Waals surface area contributed by atoms with Gasteiger partial charge < -0.3 is 0 Å². The van der Waals surface area contributed by atoms with Crippen LogP contribution >= 0.6 is 0 Å². The molecule has 3 heteroatoms. The minimum atomic E-state index is -0.244. The molecule has 3 aliphatic rings. The molecule has 4 rings (SSSR count). The summed E-state index contributed by atoms with van der Waals surface area (Å²) in [6.07, 6.45) is 6.55. The second-order valence-electron chi connectivity index (χ2n) is 6.18. The van der Waals surface area contributed by atoms with Crippen LogP contribution in [-0.4, -0.2) is 34.0 Å². The molecule has 0 bridgehead atoms. The fourth-order valence-electron chi connectivity index (χ4n) is 4.10. The number of benzene rings is 1. The quantitative estimate of drug-likeness (QED) is 0.730. The average molecular weight is 337 g/mol. The second kappa shape index (κ2) is 5.46. The minimum absolute atomic E-state index is 0.244. The van der Waals surface area contributed by atoms with Crippen LogP contribution in [0.4, 0.5) is 0 Å². The zero-order valence-corrected chi connectivity index (χ0v) is 13.5. The van der Waals surface area contributed by atoms with Gasteiger partial charge in [-0.2, -0.15) is 0 Å². The van der Waals surface area contributed by atoms with E-state index in [1.807, 2.05) is 0 Å². The van der Waals surface area contributed by atoms with Crippen molar-refractivity contribution in [3.05, 3.63) is 35.9 Å². The fraction of sp³-hybridized carbons (Fsp3) is 0.647. The molecule has 20 heavy (non-hydrogen) atoms. The monoisotopic (exact) mass is 338 g/mol. The van der Waals surface area contributed by atoms with Crippen molar-refractivity contribution < 1.29 is 9.47 Å². The summed E-state index contributed by atoms with van der Waals surface area (Å²) in [5.74, 6) is 0.421. The van der Waals surface area contributed by atoms with E-state index in [0.29, 0.717) is 25.7 Å². The van der Waals surface area contributed by atoms with Crippen LogP contribution in [0.1, 0.15) is 42.5 Å². The maximum atomic E-state index is 6.19. The van der Waals surface area contributed by atoms with Crippen molar-refractivity contribution in [3.8, 4) is 0 Å². The van der Waals surface area contributed by atoms with Gasteiger partial charge in [0, 0.05) is 0 Å². The summed E-state index contributed by atoms with van der Waals surface area (Å²) in [5, 5.41) is 0. The van der Waals surface area contributed by atoms with E-state index in [-0.39, 0.29) is 5.79 Å². The predicted octanol–water partition coefficient (Wildman–Crippen LogP) is 3.56.